The van der Waals surface area contributed by atoms with Crippen LogP contribution in [0, 0.1) is 0 Å². The minimum atomic E-state index is -4.96. The fourth-order valence-corrected chi connectivity index (χ4v) is 2.43. The zero-order valence-corrected chi connectivity index (χ0v) is 12.8. The summed E-state index contributed by atoms with van der Waals surface area (Å²) in [6.07, 6.45) is -4.96. The van der Waals surface area contributed by atoms with E-state index in [9.17, 15) is 23.1 Å². The fourth-order valence-electron chi connectivity index (χ4n) is 2.43. The van der Waals surface area contributed by atoms with Crippen molar-refractivity contribution >= 4 is 5.91 Å². The highest BCUT2D eigenvalue weighted by atomic mass is 19.4. The van der Waals surface area contributed by atoms with Gasteiger partial charge in [-0.3, -0.25) is 4.79 Å². The SMILES string of the molecule is O=C(NC[C@@](O)(c1ccccc1)C(F)(F)F)c1ccc2c(c1)OCO2. The van der Waals surface area contributed by atoms with Gasteiger partial charge in [-0.05, 0) is 23.8 Å². The van der Waals surface area contributed by atoms with Crippen molar-refractivity contribution in [1.82, 2.24) is 5.32 Å². The number of amides is 1. The van der Waals surface area contributed by atoms with E-state index in [1.165, 1.54) is 36.4 Å². The zero-order valence-electron chi connectivity index (χ0n) is 12.8. The van der Waals surface area contributed by atoms with Crippen LogP contribution in [0.1, 0.15) is 15.9 Å². The average Bonchev–Trinajstić information content (AvgIpc) is 3.06. The van der Waals surface area contributed by atoms with Crippen LogP contribution in [-0.2, 0) is 5.60 Å². The Labute approximate surface area is 141 Å². The second-order valence-corrected chi connectivity index (χ2v) is 5.47. The molecule has 0 aromatic heterocycles. The van der Waals surface area contributed by atoms with Crippen LogP contribution in [0.4, 0.5) is 13.2 Å². The highest BCUT2D eigenvalue weighted by molar-refractivity contribution is 5.95. The van der Waals surface area contributed by atoms with Crippen molar-refractivity contribution in [3.63, 3.8) is 0 Å². The third-order valence-electron chi connectivity index (χ3n) is 3.86. The lowest BCUT2D eigenvalue weighted by Gasteiger charge is -2.31. The van der Waals surface area contributed by atoms with Crippen molar-refractivity contribution in [1.29, 1.82) is 0 Å². The number of ether oxygens (including phenoxy) is 2. The van der Waals surface area contributed by atoms with Crippen LogP contribution in [0.2, 0.25) is 0 Å². The summed E-state index contributed by atoms with van der Waals surface area (Å²) in [6, 6.07) is 10.9. The molecule has 1 atom stereocenters. The molecule has 2 N–H and O–H groups in total. The maximum absolute atomic E-state index is 13.4. The molecule has 0 fully saturated rings. The van der Waals surface area contributed by atoms with Gasteiger partial charge in [0.15, 0.2) is 11.5 Å². The Hall–Kier alpha value is -2.74. The lowest BCUT2D eigenvalue weighted by atomic mass is 9.93. The molecule has 0 spiro atoms. The number of nitrogens with one attached hydrogen (secondary N) is 1. The highest BCUT2D eigenvalue weighted by Crippen LogP contribution is 2.38. The maximum atomic E-state index is 13.4. The first-order valence-corrected chi connectivity index (χ1v) is 7.34. The molecule has 0 aliphatic carbocycles. The van der Waals surface area contributed by atoms with E-state index in [4.69, 9.17) is 9.47 Å². The Balaban J connectivity index is 1.79. The van der Waals surface area contributed by atoms with Gasteiger partial charge in [0.1, 0.15) is 0 Å². The molecule has 5 nitrogen and oxygen atoms in total. The normalized spacial score (nSPS) is 15.5. The molecule has 0 radical (unpaired) electrons. The van der Waals surface area contributed by atoms with Gasteiger partial charge in [-0.15, -0.1) is 0 Å². The van der Waals surface area contributed by atoms with Crippen molar-refractivity contribution in [2.24, 2.45) is 0 Å². The first kappa shape index (κ1) is 17.1. The van der Waals surface area contributed by atoms with E-state index in [1.54, 1.807) is 0 Å². The van der Waals surface area contributed by atoms with Gasteiger partial charge in [0.05, 0.1) is 6.54 Å². The van der Waals surface area contributed by atoms with Crippen LogP contribution in [0.5, 0.6) is 11.5 Å². The Morgan fingerprint density at radius 2 is 1.76 bits per heavy atom. The van der Waals surface area contributed by atoms with E-state index in [-0.39, 0.29) is 17.9 Å². The number of rotatable bonds is 4. The molecule has 0 saturated heterocycles. The smallest absolute Gasteiger partial charge is 0.423 e. The Morgan fingerprint density at radius 1 is 1.08 bits per heavy atom. The summed E-state index contributed by atoms with van der Waals surface area (Å²) in [5.74, 6) is 0.0198. The monoisotopic (exact) mass is 353 g/mol. The van der Waals surface area contributed by atoms with Gasteiger partial charge >= 0.3 is 6.18 Å². The van der Waals surface area contributed by atoms with Crippen LogP contribution in [0.25, 0.3) is 0 Å². The van der Waals surface area contributed by atoms with Crippen molar-refractivity contribution in [2.75, 3.05) is 13.3 Å². The number of benzene rings is 2. The maximum Gasteiger partial charge on any atom is 0.423 e. The minimum Gasteiger partial charge on any atom is -0.454 e. The Kier molecular flexibility index (Phi) is 4.30. The first-order chi connectivity index (χ1) is 11.8. The summed E-state index contributed by atoms with van der Waals surface area (Å²) in [6.45, 7) is -1.00. The molecular formula is C17H14F3NO4. The van der Waals surface area contributed by atoms with Gasteiger partial charge in [0.2, 0.25) is 12.4 Å². The van der Waals surface area contributed by atoms with Crippen LogP contribution in [0.15, 0.2) is 48.5 Å². The molecule has 2 aromatic rings. The van der Waals surface area contributed by atoms with E-state index in [0.717, 1.165) is 12.1 Å². The molecule has 25 heavy (non-hydrogen) atoms. The summed E-state index contributed by atoms with van der Waals surface area (Å²) in [7, 11) is 0. The summed E-state index contributed by atoms with van der Waals surface area (Å²) in [4.78, 5) is 12.2. The summed E-state index contributed by atoms with van der Waals surface area (Å²) in [5.41, 5.74) is -3.45. The van der Waals surface area contributed by atoms with E-state index in [0.29, 0.717) is 11.5 Å². The number of carbonyl (C=O) groups is 1. The largest absolute Gasteiger partial charge is 0.454 e. The lowest BCUT2D eigenvalue weighted by molar-refractivity contribution is -0.263. The fraction of sp³-hybridized carbons (Fsp3) is 0.235. The topological polar surface area (TPSA) is 67.8 Å². The molecule has 3 rings (SSSR count). The second-order valence-electron chi connectivity index (χ2n) is 5.47. The molecule has 1 aliphatic heterocycles. The molecule has 0 bridgehead atoms. The molecule has 8 heteroatoms. The Bertz CT molecular complexity index is 779. The van der Waals surface area contributed by atoms with Gasteiger partial charge < -0.3 is 19.9 Å². The number of halogens is 3. The predicted octanol–water partition coefficient (Wildman–Crippen LogP) is 2.60. The van der Waals surface area contributed by atoms with Crippen molar-refractivity contribution in [3.8, 4) is 11.5 Å². The average molecular weight is 353 g/mol. The molecular weight excluding hydrogens is 339 g/mol. The van der Waals surface area contributed by atoms with Crippen molar-refractivity contribution in [2.45, 2.75) is 11.8 Å². The Morgan fingerprint density at radius 3 is 2.44 bits per heavy atom. The molecule has 0 saturated carbocycles. The molecule has 1 heterocycles. The predicted molar refractivity (Wildman–Crippen MR) is 81.3 cm³/mol. The summed E-state index contributed by atoms with van der Waals surface area (Å²) >= 11 is 0. The number of aliphatic hydroxyl groups is 1. The van der Waals surface area contributed by atoms with Gasteiger partial charge in [0, 0.05) is 5.56 Å². The van der Waals surface area contributed by atoms with Gasteiger partial charge in [-0.25, -0.2) is 0 Å². The number of hydrogen-bond acceptors (Lipinski definition) is 4. The van der Waals surface area contributed by atoms with Gasteiger partial charge in [-0.2, -0.15) is 13.2 Å². The third-order valence-corrected chi connectivity index (χ3v) is 3.86. The van der Waals surface area contributed by atoms with E-state index in [2.05, 4.69) is 5.32 Å². The standard InChI is InChI=1S/C17H14F3NO4/c18-17(19,20)16(23,12-4-2-1-3-5-12)9-21-15(22)11-6-7-13-14(8-11)25-10-24-13/h1-8,23H,9-10H2,(H,21,22)/t16-/m1/s1. The van der Waals surface area contributed by atoms with Crippen molar-refractivity contribution < 1.29 is 32.5 Å². The quantitative estimate of drug-likeness (QED) is 0.887. The summed E-state index contributed by atoms with van der Waals surface area (Å²) in [5, 5.41) is 12.3. The molecule has 1 amide bonds. The number of alkyl halides is 3. The van der Waals surface area contributed by atoms with E-state index < -0.39 is 24.2 Å². The van der Waals surface area contributed by atoms with Crippen LogP contribution >= 0.6 is 0 Å². The number of fused-ring (bicyclic) bond motifs is 1. The van der Waals surface area contributed by atoms with E-state index >= 15 is 0 Å². The molecule has 0 unspecified atom stereocenters. The molecule has 2 aromatic carbocycles. The molecule has 132 valence electrons. The van der Waals surface area contributed by atoms with E-state index in [1.807, 2.05) is 0 Å². The molecule has 1 aliphatic rings. The highest BCUT2D eigenvalue weighted by Gasteiger charge is 2.55. The van der Waals surface area contributed by atoms with Gasteiger partial charge in [0.25, 0.3) is 5.91 Å². The van der Waals surface area contributed by atoms with Crippen LogP contribution in [0.3, 0.4) is 0 Å². The third kappa shape index (κ3) is 3.25. The first-order valence-electron chi connectivity index (χ1n) is 7.34. The number of hydrogen-bond donors (Lipinski definition) is 2. The zero-order chi connectivity index (χ0) is 18.1. The second kappa shape index (κ2) is 6.29. The lowest BCUT2D eigenvalue weighted by Crippen LogP contribution is -2.51. The van der Waals surface area contributed by atoms with Crippen molar-refractivity contribution in [3.05, 3.63) is 59.7 Å². The van der Waals surface area contributed by atoms with Gasteiger partial charge in [-0.1, -0.05) is 30.3 Å². The number of carbonyl (C=O) groups excluding carboxylic acids is 1. The summed E-state index contributed by atoms with van der Waals surface area (Å²) < 4.78 is 50.4. The minimum absolute atomic E-state index is 0.0161. The van der Waals surface area contributed by atoms with Crippen LogP contribution < -0.4 is 14.8 Å². The van der Waals surface area contributed by atoms with Crippen LogP contribution in [-0.4, -0.2) is 30.5 Å².